The molecule has 0 amide bonds. The van der Waals surface area contributed by atoms with Crippen LogP contribution in [0, 0.1) is 0 Å². The molecule has 16 heavy (non-hydrogen) atoms. The number of hydrogen-bond acceptors (Lipinski definition) is 3. The van der Waals surface area contributed by atoms with Crippen molar-refractivity contribution < 1.29 is 0 Å². The maximum atomic E-state index is 4.31. The lowest BCUT2D eigenvalue weighted by atomic mass is 10.1. The van der Waals surface area contributed by atoms with E-state index in [0.29, 0.717) is 6.04 Å². The molecule has 1 N–H and O–H groups in total. The number of rotatable bonds is 4. The molecule has 88 valence electrons. The molecule has 3 nitrogen and oxygen atoms in total. The van der Waals surface area contributed by atoms with Gasteiger partial charge >= 0.3 is 0 Å². The van der Waals surface area contributed by atoms with E-state index in [-0.39, 0.29) is 0 Å². The molecule has 1 unspecified atom stereocenters. The van der Waals surface area contributed by atoms with Crippen LogP contribution in [0.25, 0.3) is 0 Å². The first-order valence-electron chi connectivity index (χ1n) is 6.30. The monoisotopic (exact) mass is 219 g/mol. The van der Waals surface area contributed by atoms with Crippen LogP contribution < -0.4 is 10.2 Å². The number of pyridine rings is 1. The normalized spacial score (nSPS) is 20.1. The summed E-state index contributed by atoms with van der Waals surface area (Å²) in [5.41, 5.74) is 2.39. The Hall–Kier alpha value is -1.25. The molecule has 0 bridgehead atoms. The first-order chi connectivity index (χ1) is 7.85. The first-order valence-corrected chi connectivity index (χ1v) is 6.30. The van der Waals surface area contributed by atoms with Crippen molar-refractivity contribution in [1.82, 2.24) is 4.98 Å². The number of nitrogens with one attached hydrogen (secondary N) is 1. The van der Waals surface area contributed by atoms with Gasteiger partial charge in [0, 0.05) is 19.1 Å². The van der Waals surface area contributed by atoms with Gasteiger partial charge in [0.05, 0.1) is 23.8 Å². The Bertz CT molecular complexity index is 338. The Morgan fingerprint density at radius 3 is 3.06 bits per heavy atom. The fourth-order valence-corrected chi connectivity index (χ4v) is 2.49. The van der Waals surface area contributed by atoms with Crippen LogP contribution in [0.5, 0.6) is 0 Å². The highest BCUT2D eigenvalue weighted by atomic mass is 15.2. The van der Waals surface area contributed by atoms with Crippen molar-refractivity contribution in [2.45, 2.75) is 39.2 Å². The average Bonchev–Trinajstić information content (AvgIpc) is 2.78. The molecule has 1 aromatic heterocycles. The van der Waals surface area contributed by atoms with Crippen LogP contribution in [0.15, 0.2) is 18.5 Å². The van der Waals surface area contributed by atoms with Gasteiger partial charge in [0.2, 0.25) is 0 Å². The topological polar surface area (TPSA) is 28.2 Å². The molecule has 0 radical (unpaired) electrons. The van der Waals surface area contributed by atoms with E-state index in [1.807, 2.05) is 12.4 Å². The molecular weight excluding hydrogens is 198 g/mol. The summed E-state index contributed by atoms with van der Waals surface area (Å²) in [5.74, 6) is 0. The van der Waals surface area contributed by atoms with Gasteiger partial charge in [0.25, 0.3) is 0 Å². The van der Waals surface area contributed by atoms with Crippen molar-refractivity contribution in [1.29, 1.82) is 0 Å². The maximum Gasteiger partial charge on any atom is 0.0575 e. The summed E-state index contributed by atoms with van der Waals surface area (Å²) >= 11 is 0. The summed E-state index contributed by atoms with van der Waals surface area (Å²) < 4.78 is 0. The summed E-state index contributed by atoms with van der Waals surface area (Å²) in [6, 6.07) is 2.92. The third kappa shape index (κ3) is 2.29. The minimum atomic E-state index is 0.707. The Morgan fingerprint density at radius 1 is 1.44 bits per heavy atom. The summed E-state index contributed by atoms with van der Waals surface area (Å²) in [4.78, 5) is 6.81. The Labute approximate surface area is 97.9 Å². The van der Waals surface area contributed by atoms with Gasteiger partial charge in [-0.3, -0.25) is 4.98 Å². The van der Waals surface area contributed by atoms with Gasteiger partial charge in [-0.1, -0.05) is 6.92 Å². The Morgan fingerprint density at radius 2 is 2.31 bits per heavy atom. The highest BCUT2D eigenvalue weighted by Crippen LogP contribution is 2.28. The van der Waals surface area contributed by atoms with E-state index in [0.717, 1.165) is 12.2 Å². The molecule has 1 aromatic rings. The lowest BCUT2D eigenvalue weighted by molar-refractivity contribution is 0.645. The molecule has 0 spiro atoms. The van der Waals surface area contributed by atoms with Crippen molar-refractivity contribution in [3.63, 3.8) is 0 Å². The quantitative estimate of drug-likeness (QED) is 0.844. The molecule has 1 saturated heterocycles. The molecule has 1 fully saturated rings. The van der Waals surface area contributed by atoms with Crippen molar-refractivity contribution in [2.75, 3.05) is 23.3 Å². The summed E-state index contributed by atoms with van der Waals surface area (Å²) in [6.45, 7) is 6.50. The fraction of sp³-hybridized carbons (Fsp3) is 0.615. The highest BCUT2D eigenvalue weighted by Gasteiger charge is 2.23. The first kappa shape index (κ1) is 11.2. The average molecular weight is 219 g/mol. The third-order valence-corrected chi connectivity index (χ3v) is 3.28. The molecule has 3 heteroatoms. The van der Waals surface area contributed by atoms with Gasteiger partial charge in [0.1, 0.15) is 0 Å². The summed E-state index contributed by atoms with van der Waals surface area (Å²) in [7, 11) is 0. The zero-order valence-corrected chi connectivity index (χ0v) is 10.2. The summed E-state index contributed by atoms with van der Waals surface area (Å²) in [5, 5.41) is 3.32. The minimum Gasteiger partial charge on any atom is -0.384 e. The molecule has 0 saturated carbocycles. The van der Waals surface area contributed by atoms with Crippen LogP contribution in [0.2, 0.25) is 0 Å². The standard InChI is InChI=1S/C13H21N3/c1-3-12-6-5-7-16(12)13-8-11(15-4-2)9-14-10-13/h8-10,12,15H,3-7H2,1-2H3. The second-order valence-electron chi connectivity index (χ2n) is 4.36. The molecule has 1 aliphatic heterocycles. The molecule has 2 heterocycles. The molecule has 1 aliphatic rings. The van der Waals surface area contributed by atoms with Crippen molar-refractivity contribution >= 4 is 11.4 Å². The smallest absolute Gasteiger partial charge is 0.0575 e. The van der Waals surface area contributed by atoms with Gasteiger partial charge in [-0.15, -0.1) is 0 Å². The van der Waals surface area contributed by atoms with Gasteiger partial charge in [-0.2, -0.15) is 0 Å². The predicted octanol–water partition coefficient (Wildman–Crippen LogP) is 2.89. The third-order valence-electron chi connectivity index (χ3n) is 3.28. The number of anilines is 2. The van der Waals surface area contributed by atoms with Crippen LogP contribution >= 0.6 is 0 Å². The van der Waals surface area contributed by atoms with Crippen LogP contribution in [0.3, 0.4) is 0 Å². The Kier molecular flexibility index (Phi) is 3.65. The second-order valence-corrected chi connectivity index (χ2v) is 4.36. The zero-order valence-electron chi connectivity index (χ0n) is 10.2. The zero-order chi connectivity index (χ0) is 11.4. The van der Waals surface area contributed by atoms with E-state index >= 15 is 0 Å². The summed E-state index contributed by atoms with van der Waals surface area (Å²) in [6.07, 6.45) is 7.73. The van der Waals surface area contributed by atoms with E-state index in [4.69, 9.17) is 0 Å². The van der Waals surface area contributed by atoms with Crippen molar-refractivity contribution in [2.24, 2.45) is 0 Å². The molecule has 0 aromatic carbocycles. The predicted molar refractivity (Wildman–Crippen MR) is 69.1 cm³/mol. The highest BCUT2D eigenvalue weighted by molar-refractivity contribution is 5.56. The van der Waals surface area contributed by atoms with Gasteiger partial charge < -0.3 is 10.2 Å². The van der Waals surface area contributed by atoms with E-state index in [1.165, 1.54) is 31.5 Å². The molecular formula is C13H21N3. The van der Waals surface area contributed by atoms with Crippen LogP contribution in [0.4, 0.5) is 11.4 Å². The fourth-order valence-electron chi connectivity index (χ4n) is 2.49. The van der Waals surface area contributed by atoms with Crippen LogP contribution in [-0.4, -0.2) is 24.1 Å². The SMILES string of the molecule is CCNc1cncc(N2CCCC2CC)c1. The van der Waals surface area contributed by atoms with Crippen LogP contribution in [-0.2, 0) is 0 Å². The molecule has 0 aliphatic carbocycles. The van der Waals surface area contributed by atoms with E-state index < -0.39 is 0 Å². The molecule has 1 atom stereocenters. The van der Waals surface area contributed by atoms with Crippen molar-refractivity contribution in [3.05, 3.63) is 18.5 Å². The van der Waals surface area contributed by atoms with Gasteiger partial charge in [-0.25, -0.2) is 0 Å². The Balaban J connectivity index is 2.16. The number of nitrogens with zero attached hydrogens (tertiary/aromatic N) is 2. The van der Waals surface area contributed by atoms with E-state index in [1.54, 1.807) is 0 Å². The minimum absolute atomic E-state index is 0.707. The van der Waals surface area contributed by atoms with Gasteiger partial charge in [-0.05, 0) is 32.3 Å². The number of aromatic nitrogens is 1. The van der Waals surface area contributed by atoms with Crippen LogP contribution in [0.1, 0.15) is 33.1 Å². The van der Waals surface area contributed by atoms with E-state index in [9.17, 15) is 0 Å². The second kappa shape index (κ2) is 5.19. The van der Waals surface area contributed by atoms with Crippen molar-refractivity contribution in [3.8, 4) is 0 Å². The van der Waals surface area contributed by atoms with E-state index in [2.05, 4.69) is 35.1 Å². The lowest BCUT2D eigenvalue weighted by Gasteiger charge is -2.25. The maximum absolute atomic E-state index is 4.31. The van der Waals surface area contributed by atoms with Gasteiger partial charge in [0.15, 0.2) is 0 Å². The lowest BCUT2D eigenvalue weighted by Crippen LogP contribution is -2.28. The molecule has 2 rings (SSSR count). The largest absolute Gasteiger partial charge is 0.384 e. The number of hydrogen-bond donors (Lipinski definition) is 1.